The molecule has 1 atom stereocenters. The van der Waals surface area contributed by atoms with Crippen LogP contribution in [-0.4, -0.2) is 78.1 Å². The second-order valence-electron chi connectivity index (χ2n) is 10.8. The van der Waals surface area contributed by atoms with E-state index in [4.69, 9.17) is 14.2 Å². The summed E-state index contributed by atoms with van der Waals surface area (Å²) >= 11 is 0. The van der Waals surface area contributed by atoms with Crippen molar-refractivity contribution in [3.8, 4) is 5.75 Å². The average molecular weight is 462 g/mol. The molecule has 2 aliphatic rings. The number of anilines is 1. The summed E-state index contributed by atoms with van der Waals surface area (Å²) in [6.07, 6.45) is 3.28. The molecule has 9 nitrogen and oxygen atoms in total. The Bertz CT molecular complexity index is 981. The molecule has 0 bridgehead atoms. The first kappa shape index (κ1) is 22.8. The molecule has 2 aromatic rings. The number of piperazine rings is 1. The van der Waals surface area contributed by atoms with Crippen LogP contribution in [0.25, 0.3) is 11.0 Å². The molecule has 32 heavy (non-hydrogen) atoms. The highest BCUT2D eigenvalue weighted by Crippen LogP contribution is 2.38. The van der Waals surface area contributed by atoms with Gasteiger partial charge in [-0.15, -0.1) is 0 Å². The van der Waals surface area contributed by atoms with Crippen molar-refractivity contribution in [3.05, 3.63) is 12.5 Å². The van der Waals surface area contributed by atoms with Crippen molar-refractivity contribution < 1.29 is 19.0 Å². The Balaban J connectivity index is 1.51. The number of carbonyl (C=O) groups excluding carboxylic acids is 1. The molecule has 0 aliphatic carbocycles. The number of rotatable bonds is 5. The molecular formula is C22H35N5O4Si. The van der Waals surface area contributed by atoms with E-state index in [9.17, 15) is 4.79 Å². The van der Waals surface area contributed by atoms with Gasteiger partial charge in [0.1, 0.15) is 42.2 Å². The fourth-order valence-corrected chi connectivity index (χ4v) is 4.75. The van der Waals surface area contributed by atoms with Crippen LogP contribution in [0.15, 0.2) is 12.5 Å². The predicted octanol–water partition coefficient (Wildman–Crippen LogP) is 3.56. The molecule has 1 amide bonds. The van der Waals surface area contributed by atoms with E-state index in [1.165, 1.54) is 0 Å². The lowest BCUT2D eigenvalue weighted by Gasteiger charge is -2.41. The number of aromatic nitrogens is 3. The summed E-state index contributed by atoms with van der Waals surface area (Å²) in [5.41, 5.74) is 0.300. The van der Waals surface area contributed by atoms with Gasteiger partial charge < -0.3 is 28.6 Å². The van der Waals surface area contributed by atoms with Gasteiger partial charge in [-0.3, -0.25) is 0 Å². The Morgan fingerprint density at radius 1 is 1.25 bits per heavy atom. The highest BCUT2D eigenvalue weighted by atomic mass is 28.3. The van der Waals surface area contributed by atoms with Gasteiger partial charge in [-0.05, 0) is 26.8 Å². The molecule has 0 N–H and O–H groups in total. The van der Waals surface area contributed by atoms with Gasteiger partial charge in [0.05, 0.1) is 12.2 Å². The molecule has 0 radical (unpaired) electrons. The lowest BCUT2D eigenvalue weighted by atomic mass is 10.1. The fraction of sp³-hybridized carbons (Fsp3) is 0.682. The summed E-state index contributed by atoms with van der Waals surface area (Å²) in [6.45, 7) is 16.1. The lowest BCUT2D eigenvalue weighted by molar-refractivity contribution is 0.0202. The zero-order chi connectivity index (χ0) is 23.1. The fourth-order valence-electron chi connectivity index (χ4n) is 3.99. The Kier molecular flexibility index (Phi) is 6.10. The maximum absolute atomic E-state index is 12.6. The molecule has 1 unspecified atom stereocenters. The number of hydrogen-bond donors (Lipinski definition) is 0. The van der Waals surface area contributed by atoms with Crippen LogP contribution >= 0.6 is 0 Å². The third kappa shape index (κ3) is 5.01. The third-order valence-electron chi connectivity index (χ3n) is 5.66. The lowest BCUT2D eigenvalue weighted by Crippen LogP contribution is -2.57. The minimum atomic E-state index is -1.13. The molecule has 4 heterocycles. The van der Waals surface area contributed by atoms with Gasteiger partial charge in [-0.1, -0.05) is 19.6 Å². The van der Waals surface area contributed by atoms with Crippen molar-refractivity contribution >= 4 is 31.0 Å². The molecule has 10 heteroatoms. The van der Waals surface area contributed by atoms with Gasteiger partial charge in [0, 0.05) is 34.3 Å². The molecular weight excluding hydrogens is 426 g/mol. The maximum atomic E-state index is 12.6. The van der Waals surface area contributed by atoms with Gasteiger partial charge in [-0.25, -0.2) is 14.8 Å². The maximum Gasteiger partial charge on any atom is 0.410 e. The topological polar surface area (TPSA) is 82.0 Å². The number of amides is 1. The predicted molar refractivity (Wildman–Crippen MR) is 126 cm³/mol. The van der Waals surface area contributed by atoms with Gasteiger partial charge in [0.25, 0.3) is 0 Å². The zero-order valence-electron chi connectivity index (χ0n) is 20.1. The molecule has 0 saturated carbocycles. The highest BCUT2D eigenvalue weighted by Gasteiger charge is 2.36. The number of ether oxygens (including phenoxy) is 3. The minimum absolute atomic E-state index is 0.00297. The molecule has 1 saturated heterocycles. The molecule has 2 aromatic heterocycles. The van der Waals surface area contributed by atoms with E-state index < -0.39 is 13.7 Å². The van der Waals surface area contributed by atoms with Crippen LogP contribution in [0.1, 0.15) is 20.8 Å². The molecule has 0 aromatic carbocycles. The zero-order valence-corrected chi connectivity index (χ0v) is 21.1. The molecule has 1 fully saturated rings. The second kappa shape index (κ2) is 8.55. The normalized spacial score (nSPS) is 18.9. The van der Waals surface area contributed by atoms with Crippen LogP contribution in [-0.2, 0) is 16.2 Å². The van der Waals surface area contributed by atoms with Crippen LogP contribution < -0.4 is 9.64 Å². The average Bonchev–Trinajstić information content (AvgIpc) is 2.97. The minimum Gasteiger partial charge on any atom is -0.489 e. The van der Waals surface area contributed by atoms with Crippen molar-refractivity contribution in [1.82, 2.24) is 19.4 Å². The third-order valence-corrected chi connectivity index (χ3v) is 7.37. The number of fused-ring (bicyclic) bond motifs is 2. The van der Waals surface area contributed by atoms with Crippen molar-refractivity contribution in [1.29, 1.82) is 0 Å². The first-order chi connectivity index (χ1) is 15.0. The van der Waals surface area contributed by atoms with Crippen LogP contribution in [0.2, 0.25) is 25.7 Å². The molecule has 176 valence electrons. The van der Waals surface area contributed by atoms with E-state index in [2.05, 4.69) is 34.5 Å². The first-order valence-corrected chi connectivity index (χ1v) is 15.0. The van der Waals surface area contributed by atoms with E-state index >= 15 is 0 Å². The number of hydrogen-bond acceptors (Lipinski definition) is 7. The number of carbonyl (C=O) groups is 1. The van der Waals surface area contributed by atoms with Crippen LogP contribution in [0.5, 0.6) is 5.75 Å². The summed E-state index contributed by atoms with van der Waals surface area (Å²) in [5, 5.41) is 0.912. The van der Waals surface area contributed by atoms with Crippen molar-refractivity contribution in [2.45, 2.75) is 64.8 Å². The summed E-state index contributed by atoms with van der Waals surface area (Å²) in [5.74, 6) is 1.62. The Labute approximate surface area is 190 Å². The van der Waals surface area contributed by atoms with Crippen LogP contribution in [0.3, 0.4) is 0 Å². The molecule has 2 aliphatic heterocycles. The first-order valence-electron chi connectivity index (χ1n) is 11.3. The second-order valence-corrected chi connectivity index (χ2v) is 16.4. The smallest absolute Gasteiger partial charge is 0.410 e. The quantitative estimate of drug-likeness (QED) is 0.497. The van der Waals surface area contributed by atoms with E-state index in [-0.39, 0.29) is 12.1 Å². The Morgan fingerprint density at radius 2 is 2.03 bits per heavy atom. The summed E-state index contributed by atoms with van der Waals surface area (Å²) in [7, 11) is -1.13. The van der Waals surface area contributed by atoms with Gasteiger partial charge in [-0.2, -0.15) is 0 Å². The van der Waals surface area contributed by atoms with E-state index in [1.807, 2.05) is 31.5 Å². The van der Waals surface area contributed by atoms with Crippen LogP contribution in [0, 0.1) is 0 Å². The summed E-state index contributed by atoms with van der Waals surface area (Å²) < 4.78 is 19.7. The van der Waals surface area contributed by atoms with E-state index in [0.29, 0.717) is 33.0 Å². The van der Waals surface area contributed by atoms with Crippen molar-refractivity contribution in [2.75, 3.05) is 37.7 Å². The Hall–Kier alpha value is -2.33. The largest absolute Gasteiger partial charge is 0.489 e. The van der Waals surface area contributed by atoms with Crippen molar-refractivity contribution in [2.24, 2.45) is 0 Å². The highest BCUT2D eigenvalue weighted by molar-refractivity contribution is 6.76. The van der Waals surface area contributed by atoms with Gasteiger partial charge in [0.15, 0.2) is 5.65 Å². The standard InChI is InChI=1S/C22H35N5O4Si/c1-22(2,3)31-21(28)25-7-8-27-16(11-25)13-30-17-12-26(15-29-9-10-32(4,5)6)19-18(17)20(27)24-14-23-19/h12,14,16H,7-11,13,15H2,1-6H3. The molecule has 0 spiro atoms. The number of nitrogens with zero attached hydrogens (tertiary/aromatic N) is 5. The SMILES string of the molecule is CC(C)(C)OC(=O)N1CCN2c3ncnc4c3c(cn4COCC[Si](C)(C)C)OCC2C1. The summed E-state index contributed by atoms with van der Waals surface area (Å²) in [6, 6.07) is 1.13. The van der Waals surface area contributed by atoms with Gasteiger partial charge >= 0.3 is 6.09 Å². The van der Waals surface area contributed by atoms with E-state index in [0.717, 1.165) is 35.3 Å². The van der Waals surface area contributed by atoms with Crippen molar-refractivity contribution in [3.63, 3.8) is 0 Å². The summed E-state index contributed by atoms with van der Waals surface area (Å²) in [4.78, 5) is 25.7. The van der Waals surface area contributed by atoms with Gasteiger partial charge in [0.2, 0.25) is 0 Å². The monoisotopic (exact) mass is 461 g/mol. The van der Waals surface area contributed by atoms with E-state index in [1.54, 1.807) is 11.2 Å². The molecule has 4 rings (SSSR count). The van der Waals surface area contributed by atoms with Crippen LogP contribution in [0.4, 0.5) is 10.6 Å². The Morgan fingerprint density at radius 3 is 2.75 bits per heavy atom.